The number of rotatable bonds is 11. The molecule has 1 unspecified atom stereocenters. The predicted molar refractivity (Wildman–Crippen MR) is 182 cm³/mol. The lowest BCUT2D eigenvalue weighted by Gasteiger charge is -2.32. The van der Waals surface area contributed by atoms with E-state index in [1.54, 1.807) is 31.5 Å². The number of aromatic nitrogens is 1. The monoisotopic (exact) mass is 648 g/mol. The molecule has 1 atom stereocenters. The number of fused-ring (bicyclic) bond motifs is 1. The Hall–Kier alpha value is -5.48. The number of amides is 2. The molecule has 0 spiro atoms. The van der Waals surface area contributed by atoms with E-state index in [1.807, 2.05) is 60.7 Å². The van der Waals surface area contributed by atoms with Crippen molar-refractivity contribution in [2.45, 2.75) is 25.3 Å². The van der Waals surface area contributed by atoms with Gasteiger partial charge in [0.1, 0.15) is 5.75 Å². The summed E-state index contributed by atoms with van der Waals surface area (Å²) >= 11 is 0. The normalized spacial score (nSPS) is 13.9. The third kappa shape index (κ3) is 7.39. The van der Waals surface area contributed by atoms with Crippen molar-refractivity contribution in [3.05, 3.63) is 120 Å². The summed E-state index contributed by atoms with van der Waals surface area (Å²) in [4.78, 5) is 31.4. The Kier molecular flexibility index (Phi) is 10.1. The molecule has 4 aromatic carbocycles. The van der Waals surface area contributed by atoms with Crippen LogP contribution in [0.5, 0.6) is 23.0 Å². The molecule has 10 heteroatoms. The number of ether oxygens (including phenoxy) is 3. The number of hydrogen-bond donors (Lipinski definition) is 2. The highest BCUT2D eigenvalue weighted by atomic mass is 19.1. The third-order valence-corrected chi connectivity index (χ3v) is 8.53. The van der Waals surface area contributed by atoms with Crippen LogP contribution in [0.2, 0.25) is 0 Å². The van der Waals surface area contributed by atoms with E-state index in [9.17, 15) is 9.59 Å². The van der Waals surface area contributed by atoms with Crippen molar-refractivity contribution in [1.82, 2.24) is 10.3 Å². The summed E-state index contributed by atoms with van der Waals surface area (Å²) in [6, 6.07) is 27.5. The van der Waals surface area contributed by atoms with Crippen LogP contribution in [-0.4, -0.2) is 43.6 Å². The standard InChI is InChI=1S/C38H37FN4O5/c1-46-35-22-29-31(23-36(35)47-24-26-14-17-41-18-15-26)42-19-16-33(29)48-34-13-12-28(21-30(34)39)43(38(45)37(40)44)32(27-10-6-3-7-11-27)20-25-8-4-2-5-9-25/h2-13,16,19,21-23,26,32,41H,14-15,17-18,20,24H2,1H3,(H2,40,44). The Bertz CT molecular complexity index is 1880. The maximum absolute atomic E-state index is 15.9. The summed E-state index contributed by atoms with van der Waals surface area (Å²) in [7, 11) is 1.56. The molecule has 1 aliphatic rings. The van der Waals surface area contributed by atoms with Gasteiger partial charge < -0.3 is 25.3 Å². The Labute approximate surface area is 278 Å². The summed E-state index contributed by atoms with van der Waals surface area (Å²) in [5.41, 5.74) is 7.95. The predicted octanol–water partition coefficient (Wildman–Crippen LogP) is 6.36. The van der Waals surface area contributed by atoms with Crippen molar-refractivity contribution >= 4 is 28.4 Å². The number of methoxy groups -OCH3 is 1. The number of hydrogen-bond acceptors (Lipinski definition) is 7. The number of pyridine rings is 1. The number of nitrogens with zero attached hydrogens (tertiary/aromatic N) is 2. The quantitative estimate of drug-likeness (QED) is 0.160. The summed E-state index contributed by atoms with van der Waals surface area (Å²) in [6.45, 7) is 2.52. The van der Waals surface area contributed by atoms with Crippen LogP contribution >= 0.6 is 0 Å². The number of nitrogens with two attached hydrogens (primary N) is 1. The highest BCUT2D eigenvalue weighted by molar-refractivity contribution is 6.40. The summed E-state index contributed by atoms with van der Waals surface area (Å²) in [5.74, 6) is -1.04. The molecule has 246 valence electrons. The number of carbonyl (C=O) groups is 2. The highest BCUT2D eigenvalue weighted by Crippen LogP contribution is 2.39. The van der Waals surface area contributed by atoms with Gasteiger partial charge in [0.05, 0.1) is 25.3 Å². The number of benzene rings is 4. The van der Waals surface area contributed by atoms with Crippen molar-refractivity contribution in [3.63, 3.8) is 0 Å². The van der Waals surface area contributed by atoms with Crippen molar-refractivity contribution in [3.8, 4) is 23.0 Å². The number of piperidine rings is 1. The minimum atomic E-state index is -1.15. The fraction of sp³-hybridized carbons (Fsp3) is 0.237. The molecule has 1 aliphatic heterocycles. The molecular weight excluding hydrogens is 611 g/mol. The van der Waals surface area contributed by atoms with Crippen LogP contribution < -0.4 is 30.2 Å². The number of nitrogens with one attached hydrogen (secondary N) is 1. The molecule has 1 aromatic heterocycles. The zero-order valence-corrected chi connectivity index (χ0v) is 26.6. The molecule has 0 bridgehead atoms. The molecule has 9 nitrogen and oxygen atoms in total. The second-order valence-corrected chi connectivity index (χ2v) is 11.7. The first-order chi connectivity index (χ1) is 23.4. The molecule has 48 heavy (non-hydrogen) atoms. The molecule has 6 rings (SSSR count). The molecule has 2 amide bonds. The van der Waals surface area contributed by atoms with E-state index in [0.29, 0.717) is 47.1 Å². The molecule has 2 heterocycles. The maximum Gasteiger partial charge on any atom is 0.316 e. The molecule has 0 saturated carbocycles. The van der Waals surface area contributed by atoms with Crippen LogP contribution in [0.25, 0.3) is 10.9 Å². The van der Waals surface area contributed by atoms with Crippen molar-refractivity contribution in [2.75, 3.05) is 31.7 Å². The molecule has 0 radical (unpaired) electrons. The third-order valence-electron chi connectivity index (χ3n) is 8.53. The van der Waals surface area contributed by atoms with Crippen molar-refractivity contribution < 1.29 is 28.2 Å². The SMILES string of the molecule is COc1cc2c(Oc3ccc(N(C(=O)C(N)=O)C(Cc4ccccc4)c4ccccc4)cc3F)ccnc2cc1OCC1CCNCC1. The zero-order chi connectivity index (χ0) is 33.5. The highest BCUT2D eigenvalue weighted by Gasteiger charge is 2.31. The van der Waals surface area contributed by atoms with E-state index in [0.717, 1.165) is 37.1 Å². The van der Waals surface area contributed by atoms with Gasteiger partial charge in [-0.05, 0) is 73.7 Å². The fourth-order valence-electron chi connectivity index (χ4n) is 6.01. The van der Waals surface area contributed by atoms with E-state index in [-0.39, 0.29) is 11.4 Å². The summed E-state index contributed by atoms with van der Waals surface area (Å²) < 4.78 is 33.8. The minimum Gasteiger partial charge on any atom is -0.493 e. The lowest BCUT2D eigenvalue weighted by atomic mass is 9.96. The van der Waals surface area contributed by atoms with Crippen molar-refractivity contribution in [2.24, 2.45) is 11.7 Å². The van der Waals surface area contributed by atoms with E-state index in [1.165, 1.54) is 23.1 Å². The topological polar surface area (TPSA) is 116 Å². The molecule has 3 N–H and O–H groups in total. The van der Waals surface area contributed by atoms with Crippen molar-refractivity contribution in [1.29, 1.82) is 0 Å². The Morgan fingerprint density at radius 2 is 1.65 bits per heavy atom. The van der Waals surface area contributed by atoms with Gasteiger partial charge in [0.25, 0.3) is 0 Å². The van der Waals surface area contributed by atoms with Gasteiger partial charge in [-0.1, -0.05) is 60.7 Å². The van der Waals surface area contributed by atoms with E-state index < -0.39 is 23.7 Å². The Balaban J connectivity index is 1.30. The lowest BCUT2D eigenvalue weighted by Crippen LogP contribution is -2.43. The molecular formula is C38H37FN4O5. The second-order valence-electron chi connectivity index (χ2n) is 11.7. The van der Waals surface area contributed by atoms with Crippen LogP contribution in [0.3, 0.4) is 0 Å². The average Bonchev–Trinajstić information content (AvgIpc) is 3.12. The maximum atomic E-state index is 15.9. The summed E-state index contributed by atoms with van der Waals surface area (Å²) in [5, 5.41) is 3.96. The van der Waals surface area contributed by atoms with Gasteiger partial charge in [0, 0.05) is 29.4 Å². The van der Waals surface area contributed by atoms with Crippen LogP contribution in [0.15, 0.2) is 103 Å². The van der Waals surface area contributed by atoms with Crippen LogP contribution in [0.1, 0.15) is 30.0 Å². The largest absolute Gasteiger partial charge is 0.493 e. The van der Waals surface area contributed by atoms with Gasteiger partial charge in [0.15, 0.2) is 23.1 Å². The van der Waals surface area contributed by atoms with Gasteiger partial charge in [0.2, 0.25) is 0 Å². The first kappa shape index (κ1) is 32.5. The molecule has 1 saturated heterocycles. The minimum absolute atomic E-state index is 0.0813. The van der Waals surface area contributed by atoms with Crippen LogP contribution in [-0.2, 0) is 16.0 Å². The Morgan fingerprint density at radius 1 is 0.917 bits per heavy atom. The second kappa shape index (κ2) is 15.0. The fourth-order valence-corrected chi connectivity index (χ4v) is 6.01. The van der Waals surface area contributed by atoms with E-state index in [4.69, 9.17) is 19.9 Å². The number of carbonyl (C=O) groups excluding carboxylic acids is 2. The molecule has 0 aliphatic carbocycles. The smallest absolute Gasteiger partial charge is 0.316 e. The van der Waals surface area contributed by atoms with Gasteiger partial charge in [-0.3, -0.25) is 19.5 Å². The number of primary amides is 1. The molecule has 1 fully saturated rings. The lowest BCUT2D eigenvalue weighted by molar-refractivity contribution is -0.136. The molecule has 5 aromatic rings. The van der Waals surface area contributed by atoms with Gasteiger partial charge in [-0.15, -0.1) is 0 Å². The number of halogens is 1. The number of anilines is 1. The first-order valence-corrected chi connectivity index (χ1v) is 15.9. The Morgan fingerprint density at radius 3 is 2.33 bits per heavy atom. The van der Waals surface area contributed by atoms with Gasteiger partial charge in [-0.2, -0.15) is 0 Å². The summed E-state index contributed by atoms with van der Waals surface area (Å²) in [6.07, 6.45) is 4.03. The first-order valence-electron chi connectivity index (χ1n) is 15.9. The zero-order valence-electron chi connectivity index (χ0n) is 26.6. The van der Waals surface area contributed by atoms with Gasteiger partial charge >= 0.3 is 11.8 Å². The van der Waals surface area contributed by atoms with E-state index >= 15 is 4.39 Å². The van der Waals surface area contributed by atoms with Crippen LogP contribution in [0, 0.1) is 11.7 Å². The van der Waals surface area contributed by atoms with Gasteiger partial charge in [-0.25, -0.2) is 4.39 Å². The van der Waals surface area contributed by atoms with E-state index in [2.05, 4.69) is 10.3 Å². The van der Waals surface area contributed by atoms with Crippen LogP contribution in [0.4, 0.5) is 10.1 Å². The average molecular weight is 649 g/mol.